The highest BCUT2D eigenvalue weighted by atomic mass is 19.4. The van der Waals surface area contributed by atoms with Gasteiger partial charge in [-0.2, -0.15) is 0 Å². The molecule has 2 aromatic carbocycles. The maximum atomic E-state index is 13.0. The minimum absolute atomic E-state index is 0.0915. The van der Waals surface area contributed by atoms with Crippen molar-refractivity contribution >= 4 is 12.0 Å². The van der Waals surface area contributed by atoms with Gasteiger partial charge in [0.15, 0.2) is 0 Å². The van der Waals surface area contributed by atoms with E-state index in [0.717, 1.165) is 18.4 Å². The van der Waals surface area contributed by atoms with Crippen molar-refractivity contribution in [2.75, 3.05) is 0 Å². The molecule has 0 aliphatic heterocycles. The van der Waals surface area contributed by atoms with Gasteiger partial charge in [-0.05, 0) is 42.7 Å². The molecule has 27 heavy (non-hydrogen) atoms. The Bertz CT molecular complexity index is 827. The molecule has 0 saturated heterocycles. The number of benzene rings is 2. The highest BCUT2D eigenvalue weighted by Crippen LogP contribution is 2.30. The Morgan fingerprint density at radius 1 is 1.11 bits per heavy atom. The lowest BCUT2D eigenvalue weighted by atomic mass is 10.1. The molecule has 1 saturated carbocycles. The van der Waals surface area contributed by atoms with Crippen LogP contribution in [0.4, 0.5) is 17.6 Å². The summed E-state index contributed by atoms with van der Waals surface area (Å²) in [6.07, 6.45) is -0.524. The molecule has 1 aliphatic carbocycles. The first kappa shape index (κ1) is 18.9. The number of nitrogens with zero attached hydrogens (tertiary/aromatic N) is 1. The molecule has 7 heteroatoms. The number of amides is 1. The van der Waals surface area contributed by atoms with E-state index in [2.05, 4.69) is 4.74 Å². The minimum Gasteiger partial charge on any atom is -0.405 e. The predicted octanol–water partition coefficient (Wildman–Crippen LogP) is 4.93. The Balaban J connectivity index is 1.73. The van der Waals surface area contributed by atoms with Crippen LogP contribution in [0.15, 0.2) is 54.6 Å². The first-order chi connectivity index (χ1) is 12.8. The summed E-state index contributed by atoms with van der Waals surface area (Å²) in [6.45, 7) is 0.314. The topological polar surface area (TPSA) is 29.5 Å². The van der Waals surface area contributed by atoms with Crippen LogP contribution in [0.1, 0.15) is 24.0 Å². The van der Waals surface area contributed by atoms with Crippen molar-refractivity contribution in [2.24, 2.45) is 0 Å². The number of alkyl halides is 3. The number of carbonyl (C=O) groups excluding carboxylic acids is 1. The van der Waals surface area contributed by atoms with Gasteiger partial charge in [-0.25, -0.2) is 4.39 Å². The number of rotatable bonds is 6. The molecule has 0 N–H and O–H groups in total. The molecule has 1 amide bonds. The average molecular weight is 379 g/mol. The molecular formula is C20H17F4NO2. The van der Waals surface area contributed by atoms with Crippen molar-refractivity contribution in [3.63, 3.8) is 0 Å². The Morgan fingerprint density at radius 2 is 1.78 bits per heavy atom. The second-order valence-corrected chi connectivity index (χ2v) is 6.24. The average Bonchev–Trinajstić information content (AvgIpc) is 3.44. The third-order valence-electron chi connectivity index (χ3n) is 4.09. The van der Waals surface area contributed by atoms with Crippen LogP contribution < -0.4 is 4.74 Å². The lowest BCUT2D eigenvalue weighted by molar-refractivity contribution is -0.274. The summed E-state index contributed by atoms with van der Waals surface area (Å²) in [5.74, 6) is -1.04. The number of hydrogen-bond donors (Lipinski definition) is 0. The number of carbonyl (C=O) groups is 1. The van der Waals surface area contributed by atoms with Crippen LogP contribution in [0, 0.1) is 5.82 Å². The maximum Gasteiger partial charge on any atom is 0.573 e. The fourth-order valence-electron chi connectivity index (χ4n) is 2.65. The first-order valence-corrected chi connectivity index (χ1v) is 8.40. The largest absolute Gasteiger partial charge is 0.573 e. The van der Waals surface area contributed by atoms with Gasteiger partial charge < -0.3 is 9.64 Å². The standard InChI is InChI=1S/C20H17F4NO2/c21-16-8-5-14(6-9-16)13-25(17-10-11-17)19(26)12-7-15-3-1-2-4-18(15)27-20(22,23)24/h1-9,12,17H,10-11,13H2/b12-7+. The fourth-order valence-corrected chi connectivity index (χ4v) is 2.65. The Kier molecular flexibility index (Phi) is 5.48. The third-order valence-corrected chi connectivity index (χ3v) is 4.09. The fraction of sp³-hybridized carbons (Fsp3) is 0.250. The van der Waals surface area contributed by atoms with Crippen LogP contribution in [0.3, 0.4) is 0 Å². The van der Waals surface area contributed by atoms with E-state index in [9.17, 15) is 22.4 Å². The number of hydrogen-bond acceptors (Lipinski definition) is 2. The molecule has 142 valence electrons. The Labute approximate surface area is 153 Å². The highest BCUT2D eigenvalue weighted by molar-refractivity contribution is 5.92. The van der Waals surface area contributed by atoms with Crippen LogP contribution in [-0.2, 0) is 11.3 Å². The molecule has 0 bridgehead atoms. The zero-order valence-corrected chi connectivity index (χ0v) is 14.2. The zero-order chi connectivity index (χ0) is 19.4. The summed E-state index contributed by atoms with van der Waals surface area (Å²) in [7, 11) is 0. The van der Waals surface area contributed by atoms with Gasteiger partial charge in [-0.15, -0.1) is 13.2 Å². The van der Waals surface area contributed by atoms with Gasteiger partial charge in [0.05, 0.1) is 0 Å². The van der Waals surface area contributed by atoms with Gasteiger partial charge in [-0.3, -0.25) is 4.79 Å². The van der Waals surface area contributed by atoms with E-state index in [4.69, 9.17) is 0 Å². The van der Waals surface area contributed by atoms with E-state index in [1.807, 2.05) is 0 Å². The molecule has 3 nitrogen and oxygen atoms in total. The monoisotopic (exact) mass is 379 g/mol. The van der Waals surface area contributed by atoms with Crippen molar-refractivity contribution in [1.29, 1.82) is 0 Å². The minimum atomic E-state index is -4.81. The third kappa shape index (κ3) is 5.57. The lowest BCUT2D eigenvalue weighted by Crippen LogP contribution is -2.31. The van der Waals surface area contributed by atoms with E-state index in [1.54, 1.807) is 23.1 Å². The molecular weight excluding hydrogens is 362 g/mol. The molecule has 0 spiro atoms. The molecule has 1 aliphatic rings. The zero-order valence-electron chi connectivity index (χ0n) is 14.2. The molecule has 3 rings (SSSR count). The number of para-hydroxylation sites is 1. The Morgan fingerprint density at radius 3 is 2.41 bits per heavy atom. The molecule has 0 radical (unpaired) electrons. The van der Waals surface area contributed by atoms with Crippen LogP contribution in [0.25, 0.3) is 6.08 Å². The van der Waals surface area contributed by atoms with E-state index >= 15 is 0 Å². The van der Waals surface area contributed by atoms with Crippen LogP contribution in [0.5, 0.6) is 5.75 Å². The predicted molar refractivity (Wildman–Crippen MR) is 92.1 cm³/mol. The van der Waals surface area contributed by atoms with Crippen molar-refractivity contribution in [3.05, 3.63) is 71.6 Å². The number of halogens is 4. The second kappa shape index (κ2) is 7.82. The molecule has 1 fully saturated rings. The summed E-state index contributed by atoms with van der Waals surface area (Å²) in [5.41, 5.74) is 0.937. The van der Waals surface area contributed by atoms with Crippen molar-refractivity contribution in [2.45, 2.75) is 31.8 Å². The van der Waals surface area contributed by atoms with E-state index in [1.165, 1.54) is 42.5 Å². The van der Waals surface area contributed by atoms with Crippen molar-refractivity contribution in [1.82, 2.24) is 4.90 Å². The summed E-state index contributed by atoms with van der Waals surface area (Å²) >= 11 is 0. The molecule has 0 unspecified atom stereocenters. The summed E-state index contributed by atoms with van der Waals surface area (Å²) < 4.78 is 54.5. The molecule has 2 aromatic rings. The van der Waals surface area contributed by atoms with Crippen LogP contribution in [-0.4, -0.2) is 23.2 Å². The lowest BCUT2D eigenvalue weighted by Gasteiger charge is -2.21. The molecule has 0 atom stereocenters. The van der Waals surface area contributed by atoms with Crippen LogP contribution >= 0.6 is 0 Å². The van der Waals surface area contributed by atoms with E-state index < -0.39 is 6.36 Å². The SMILES string of the molecule is O=C(/C=C/c1ccccc1OC(F)(F)F)N(Cc1ccc(F)cc1)C1CC1. The Hall–Kier alpha value is -2.83. The van der Waals surface area contributed by atoms with Gasteiger partial charge >= 0.3 is 6.36 Å². The second-order valence-electron chi connectivity index (χ2n) is 6.24. The molecule has 0 aromatic heterocycles. The normalized spacial score (nSPS) is 14.4. The van der Waals surface area contributed by atoms with Crippen molar-refractivity contribution < 1.29 is 27.1 Å². The van der Waals surface area contributed by atoms with E-state index in [0.29, 0.717) is 6.54 Å². The van der Waals surface area contributed by atoms with Crippen LogP contribution in [0.2, 0.25) is 0 Å². The number of ether oxygens (including phenoxy) is 1. The van der Waals surface area contributed by atoms with Gasteiger partial charge in [-0.1, -0.05) is 30.3 Å². The summed E-state index contributed by atoms with van der Waals surface area (Å²) in [6, 6.07) is 11.6. The molecule has 0 heterocycles. The van der Waals surface area contributed by atoms with E-state index in [-0.39, 0.29) is 29.1 Å². The first-order valence-electron chi connectivity index (χ1n) is 8.40. The summed E-state index contributed by atoms with van der Waals surface area (Å²) in [5, 5.41) is 0. The highest BCUT2D eigenvalue weighted by Gasteiger charge is 2.33. The van der Waals surface area contributed by atoms with Gasteiger partial charge in [0.2, 0.25) is 5.91 Å². The smallest absolute Gasteiger partial charge is 0.405 e. The van der Waals surface area contributed by atoms with Crippen molar-refractivity contribution in [3.8, 4) is 5.75 Å². The van der Waals surface area contributed by atoms with Gasteiger partial charge in [0.1, 0.15) is 11.6 Å². The quantitative estimate of drug-likeness (QED) is 0.526. The summed E-state index contributed by atoms with van der Waals surface area (Å²) in [4.78, 5) is 14.2. The maximum absolute atomic E-state index is 13.0. The van der Waals surface area contributed by atoms with Gasteiger partial charge in [0, 0.05) is 24.2 Å². The van der Waals surface area contributed by atoms with Gasteiger partial charge in [0.25, 0.3) is 0 Å².